The Kier molecular flexibility index (Phi) is 5.30. The summed E-state index contributed by atoms with van der Waals surface area (Å²) in [5.41, 5.74) is 0.913. The zero-order chi connectivity index (χ0) is 17.6. The standard InChI is InChI=1S/C17H21N5O3/c1-22(2)7-3-6-18-16-9-13(19-10-20-16)17(23)21-12-4-5-14-15(8-12)25-11-24-14/h4-5,8-10H,3,6-7,11H2,1-2H3,(H,21,23)(H,18,19,20). The van der Waals surface area contributed by atoms with Crippen molar-refractivity contribution in [3.63, 3.8) is 0 Å². The average molecular weight is 343 g/mol. The number of anilines is 2. The molecule has 1 aliphatic heterocycles. The zero-order valence-corrected chi connectivity index (χ0v) is 14.3. The molecule has 0 radical (unpaired) electrons. The van der Waals surface area contributed by atoms with Gasteiger partial charge in [-0.3, -0.25) is 4.79 Å². The maximum atomic E-state index is 12.4. The van der Waals surface area contributed by atoms with E-state index in [0.29, 0.717) is 28.7 Å². The SMILES string of the molecule is CN(C)CCCNc1cc(C(=O)Nc2ccc3c(c2)OCO3)ncn1. The first-order chi connectivity index (χ1) is 12.1. The number of nitrogens with zero attached hydrogens (tertiary/aromatic N) is 3. The predicted octanol–water partition coefficient (Wildman–Crippen LogP) is 1.82. The number of hydrogen-bond acceptors (Lipinski definition) is 7. The van der Waals surface area contributed by atoms with E-state index >= 15 is 0 Å². The van der Waals surface area contributed by atoms with Crippen molar-refractivity contribution in [3.8, 4) is 11.5 Å². The van der Waals surface area contributed by atoms with Crippen LogP contribution in [0.1, 0.15) is 16.9 Å². The minimum Gasteiger partial charge on any atom is -0.454 e. The van der Waals surface area contributed by atoms with Gasteiger partial charge in [0.25, 0.3) is 5.91 Å². The van der Waals surface area contributed by atoms with Crippen molar-refractivity contribution in [3.05, 3.63) is 36.3 Å². The summed E-state index contributed by atoms with van der Waals surface area (Å²) >= 11 is 0. The molecule has 0 saturated heterocycles. The van der Waals surface area contributed by atoms with Gasteiger partial charge in [-0.2, -0.15) is 0 Å². The van der Waals surface area contributed by atoms with Crippen LogP contribution in [0.15, 0.2) is 30.6 Å². The van der Waals surface area contributed by atoms with Crippen LogP contribution in [0.2, 0.25) is 0 Å². The summed E-state index contributed by atoms with van der Waals surface area (Å²) in [6.45, 7) is 1.95. The first kappa shape index (κ1) is 17.0. The Hall–Kier alpha value is -2.87. The lowest BCUT2D eigenvalue weighted by Gasteiger charge is -2.10. The second-order valence-electron chi connectivity index (χ2n) is 5.89. The van der Waals surface area contributed by atoms with Crippen LogP contribution in [0.4, 0.5) is 11.5 Å². The average Bonchev–Trinajstić information content (AvgIpc) is 3.06. The quantitative estimate of drug-likeness (QED) is 0.741. The Morgan fingerprint density at radius 2 is 2.04 bits per heavy atom. The van der Waals surface area contributed by atoms with Crippen molar-refractivity contribution < 1.29 is 14.3 Å². The summed E-state index contributed by atoms with van der Waals surface area (Å²) in [5.74, 6) is 1.61. The number of carbonyl (C=O) groups excluding carboxylic acids is 1. The van der Waals surface area contributed by atoms with Crippen LogP contribution >= 0.6 is 0 Å². The van der Waals surface area contributed by atoms with Crippen LogP contribution in [0, 0.1) is 0 Å². The van der Waals surface area contributed by atoms with E-state index < -0.39 is 0 Å². The molecule has 1 aromatic carbocycles. The van der Waals surface area contributed by atoms with Crippen molar-refractivity contribution in [1.82, 2.24) is 14.9 Å². The summed E-state index contributed by atoms with van der Waals surface area (Å²) < 4.78 is 10.6. The highest BCUT2D eigenvalue weighted by molar-refractivity contribution is 6.03. The molecule has 1 amide bonds. The Morgan fingerprint density at radius 1 is 1.20 bits per heavy atom. The van der Waals surface area contributed by atoms with Gasteiger partial charge in [0.2, 0.25) is 6.79 Å². The van der Waals surface area contributed by atoms with Crippen LogP contribution in [0.25, 0.3) is 0 Å². The number of nitrogens with one attached hydrogen (secondary N) is 2. The van der Waals surface area contributed by atoms with Crippen molar-refractivity contribution in [2.45, 2.75) is 6.42 Å². The molecular weight excluding hydrogens is 322 g/mol. The molecule has 8 nitrogen and oxygen atoms in total. The van der Waals surface area contributed by atoms with Crippen LogP contribution in [-0.4, -0.2) is 54.8 Å². The van der Waals surface area contributed by atoms with E-state index in [1.54, 1.807) is 24.3 Å². The van der Waals surface area contributed by atoms with Crippen molar-refractivity contribution >= 4 is 17.4 Å². The first-order valence-electron chi connectivity index (χ1n) is 8.03. The number of benzene rings is 1. The summed E-state index contributed by atoms with van der Waals surface area (Å²) in [5, 5.41) is 6.00. The van der Waals surface area contributed by atoms with E-state index in [9.17, 15) is 4.79 Å². The number of rotatable bonds is 7. The molecule has 2 heterocycles. The third-order valence-corrected chi connectivity index (χ3v) is 3.62. The van der Waals surface area contributed by atoms with Gasteiger partial charge in [-0.1, -0.05) is 0 Å². The van der Waals surface area contributed by atoms with E-state index in [2.05, 4.69) is 25.5 Å². The fourth-order valence-corrected chi connectivity index (χ4v) is 2.36. The fraction of sp³-hybridized carbons (Fsp3) is 0.353. The molecule has 8 heteroatoms. The highest BCUT2D eigenvalue weighted by atomic mass is 16.7. The van der Waals surface area contributed by atoms with Gasteiger partial charge in [0.15, 0.2) is 11.5 Å². The van der Waals surface area contributed by atoms with Crippen LogP contribution in [-0.2, 0) is 0 Å². The van der Waals surface area contributed by atoms with Gasteiger partial charge >= 0.3 is 0 Å². The smallest absolute Gasteiger partial charge is 0.274 e. The van der Waals surface area contributed by atoms with E-state index in [4.69, 9.17) is 9.47 Å². The fourth-order valence-electron chi connectivity index (χ4n) is 2.36. The molecule has 0 atom stereocenters. The maximum Gasteiger partial charge on any atom is 0.274 e. The number of ether oxygens (including phenoxy) is 2. The number of hydrogen-bond donors (Lipinski definition) is 2. The second-order valence-corrected chi connectivity index (χ2v) is 5.89. The molecule has 1 aromatic heterocycles. The largest absolute Gasteiger partial charge is 0.454 e. The van der Waals surface area contributed by atoms with Crippen molar-refractivity contribution in [2.24, 2.45) is 0 Å². The molecule has 0 spiro atoms. The van der Waals surface area contributed by atoms with E-state index in [0.717, 1.165) is 19.5 Å². The van der Waals surface area contributed by atoms with Gasteiger partial charge in [0.1, 0.15) is 17.8 Å². The van der Waals surface area contributed by atoms with Gasteiger partial charge in [-0.15, -0.1) is 0 Å². The van der Waals surface area contributed by atoms with Gasteiger partial charge in [-0.25, -0.2) is 9.97 Å². The third kappa shape index (κ3) is 4.57. The van der Waals surface area contributed by atoms with Gasteiger partial charge < -0.3 is 25.0 Å². The number of amides is 1. The van der Waals surface area contributed by atoms with Crippen molar-refractivity contribution in [1.29, 1.82) is 0 Å². The Morgan fingerprint density at radius 3 is 2.88 bits per heavy atom. The first-order valence-corrected chi connectivity index (χ1v) is 8.03. The molecule has 0 unspecified atom stereocenters. The summed E-state index contributed by atoms with van der Waals surface area (Å²) in [6.07, 6.45) is 2.36. The molecule has 25 heavy (non-hydrogen) atoms. The topological polar surface area (TPSA) is 88.6 Å². The summed E-state index contributed by atoms with van der Waals surface area (Å²) in [6, 6.07) is 6.88. The second kappa shape index (κ2) is 7.80. The summed E-state index contributed by atoms with van der Waals surface area (Å²) in [4.78, 5) is 22.7. The third-order valence-electron chi connectivity index (χ3n) is 3.62. The molecule has 0 aliphatic carbocycles. The Labute approximate surface area is 146 Å². The van der Waals surface area contributed by atoms with Crippen LogP contribution < -0.4 is 20.1 Å². The van der Waals surface area contributed by atoms with Gasteiger partial charge in [0, 0.05) is 24.4 Å². The monoisotopic (exact) mass is 343 g/mol. The Balaban J connectivity index is 1.59. The molecule has 2 N–H and O–H groups in total. The Bertz CT molecular complexity index is 751. The number of aromatic nitrogens is 2. The highest BCUT2D eigenvalue weighted by Gasteiger charge is 2.15. The van der Waals surface area contributed by atoms with E-state index in [1.165, 1.54) is 6.33 Å². The molecule has 0 fully saturated rings. The van der Waals surface area contributed by atoms with Gasteiger partial charge in [-0.05, 0) is 39.2 Å². The highest BCUT2D eigenvalue weighted by Crippen LogP contribution is 2.34. The molecule has 0 bridgehead atoms. The zero-order valence-electron chi connectivity index (χ0n) is 14.3. The molecule has 1 aliphatic rings. The van der Waals surface area contributed by atoms with Crippen LogP contribution in [0.5, 0.6) is 11.5 Å². The lowest BCUT2D eigenvalue weighted by Crippen LogP contribution is -2.17. The minimum atomic E-state index is -0.308. The lowest BCUT2D eigenvalue weighted by atomic mass is 10.2. The number of carbonyl (C=O) groups is 1. The lowest BCUT2D eigenvalue weighted by molar-refractivity contribution is 0.102. The molecule has 132 valence electrons. The predicted molar refractivity (Wildman–Crippen MR) is 94.2 cm³/mol. The maximum absolute atomic E-state index is 12.4. The minimum absolute atomic E-state index is 0.196. The normalized spacial score (nSPS) is 12.3. The van der Waals surface area contributed by atoms with E-state index in [1.807, 2.05) is 14.1 Å². The molecule has 3 rings (SSSR count). The van der Waals surface area contributed by atoms with Crippen molar-refractivity contribution in [2.75, 3.05) is 44.6 Å². The molecule has 2 aromatic rings. The summed E-state index contributed by atoms with van der Waals surface area (Å²) in [7, 11) is 4.06. The van der Waals surface area contributed by atoms with Gasteiger partial charge in [0.05, 0.1) is 0 Å². The molecular formula is C17H21N5O3. The number of fused-ring (bicyclic) bond motifs is 1. The van der Waals surface area contributed by atoms with E-state index in [-0.39, 0.29) is 12.7 Å². The van der Waals surface area contributed by atoms with Crippen LogP contribution in [0.3, 0.4) is 0 Å². The molecule has 0 saturated carbocycles.